The van der Waals surface area contributed by atoms with Gasteiger partial charge in [0.1, 0.15) is 0 Å². The lowest BCUT2D eigenvalue weighted by Gasteiger charge is -2.26. The van der Waals surface area contributed by atoms with Crippen molar-refractivity contribution in [2.45, 2.75) is 0 Å². The smallest absolute Gasteiger partial charge is 0.264 e. The fourth-order valence-electron chi connectivity index (χ4n) is 2.88. The fraction of sp³-hybridized carbons (Fsp3) is 0.222. The summed E-state index contributed by atoms with van der Waals surface area (Å²) in [6, 6.07) is 10.9. The van der Waals surface area contributed by atoms with Crippen LogP contribution in [-0.4, -0.2) is 42.1 Å². The van der Waals surface area contributed by atoms with E-state index in [0.29, 0.717) is 26.3 Å². The molecule has 0 radical (unpaired) electrons. The molecule has 4 nitrogen and oxygen atoms in total. The average molecular weight is 379 g/mol. The van der Waals surface area contributed by atoms with Crippen molar-refractivity contribution in [3.8, 4) is 11.1 Å². The number of fused-ring (bicyclic) bond motifs is 1. The van der Waals surface area contributed by atoms with E-state index < -0.39 is 5.95 Å². The van der Waals surface area contributed by atoms with E-state index in [9.17, 15) is 9.18 Å². The molecule has 1 aliphatic heterocycles. The molecule has 1 amide bonds. The molecule has 1 aromatic carbocycles. The second kappa shape index (κ2) is 7.47. The molecule has 25 heavy (non-hydrogen) atoms. The molecule has 0 unspecified atom stereocenters. The largest absolute Gasteiger partial charge is 0.378 e. The number of amides is 1. The van der Waals surface area contributed by atoms with Crippen molar-refractivity contribution in [1.29, 1.82) is 0 Å². The van der Waals surface area contributed by atoms with Gasteiger partial charge in [0.2, 0.25) is 5.95 Å². The highest BCUT2D eigenvalue weighted by Crippen LogP contribution is 2.34. The van der Waals surface area contributed by atoms with Crippen LogP contribution < -0.4 is 0 Å². The summed E-state index contributed by atoms with van der Waals surface area (Å²) in [5, 5.41) is 0.993. The number of morpholine rings is 1. The Labute approximate surface area is 154 Å². The van der Waals surface area contributed by atoms with Crippen LogP contribution in [0.4, 0.5) is 4.39 Å². The topological polar surface area (TPSA) is 42.4 Å². The van der Waals surface area contributed by atoms with Crippen LogP contribution in [0.25, 0.3) is 21.2 Å². The molecule has 7 heteroatoms. The molecule has 1 fully saturated rings. The van der Waals surface area contributed by atoms with E-state index in [-0.39, 0.29) is 18.3 Å². The minimum absolute atomic E-state index is 0. The minimum Gasteiger partial charge on any atom is -0.378 e. The maximum Gasteiger partial charge on any atom is 0.264 e. The van der Waals surface area contributed by atoms with Crippen LogP contribution in [0.5, 0.6) is 0 Å². The molecule has 0 N–H and O–H groups in total. The van der Waals surface area contributed by atoms with Gasteiger partial charge in [-0.05, 0) is 29.8 Å². The highest BCUT2D eigenvalue weighted by molar-refractivity contribution is 7.20. The second-order valence-corrected chi connectivity index (χ2v) is 6.69. The SMILES string of the molecule is Cl.O=C(c1cc2c(-c3ccc(F)nc3)cccc2s1)N1CCOCC1. The van der Waals surface area contributed by atoms with Crippen LogP contribution in [0, 0.1) is 5.95 Å². The van der Waals surface area contributed by atoms with Crippen LogP contribution in [0.15, 0.2) is 42.6 Å². The molecule has 0 saturated carbocycles. The molecule has 0 atom stereocenters. The predicted molar refractivity (Wildman–Crippen MR) is 99.0 cm³/mol. The molecule has 130 valence electrons. The first-order valence-electron chi connectivity index (χ1n) is 7.74. The van der Waals surface area contributed by atoms with Gasteiger partial charge in [-0.1, -0.05) is 12.1 Å². The van der Waals surface area contributed by atoms with Gasteiger partial charge in [0.05, 0.1) is 18.1 Å². The highest BCUT2D eigenvalue weighted by atomic mass is 35.5. The van der Waals surface area contributed by atoms with Gasteiger partial charge in [0, 0.05) is 34.9 Å². The number of carbonyl (C=O) groups is 1. The molecule has 4 rings (SSSR count). The first-order chi connectivity index (χ1) is 11.7. The number of carbonyl (C=O) groups excluding carboxylic acids is 1. The lowest BCUT2D eigenvalue weighted by atomic mass is 10.0. The van der Waals surface area contributed by atoms with Gasteiger partial charge in [-0.2, -0.15) is 4.39 Å². The Morgan fingerprint density at radius 3 is 2.72 bits per heavy atom. The number of pyridine rings is 1. The van der Waals surface area contributed by atoms with Crippen molar-refractivity contribution >= 4 is 39.7 Å². The summed E-state index contributed by atoms with van der Waals surface area (Å²) in [5.74, 6) is -0.456. The number of aromatic nitrogens is 1. The van der Waals surface area contributed by atoms with Gasteiger partial charge in [0.15, 0.2) is 0 Å². The van der Waals surface area contributed by atoms with Gasteiger partial charge < -0.3 is 9.64 Å². The summed E-state index contributed by atoms with van der Waals surface area (Å²) in [5.41, 5.74) is 1.79. The normalized spacial score (nSPS) is 14.4. The van der Waals surface area contributed by atoms with Crippen molar-refractivity contribution in [2.75, 3.05) is 26.3 Å². The van der Waals surface area contributed by atoms with Crippen LogP contribution in [0.1, 0.15) is 9.67 Å². The van der Waals surface area contributed by atoms with E-state index in [4.69, 9.17) is 4.74 Å². The Morgan fingerprint density at radius 2 is 2.00 bits per heavy atom. The summed E-state index contributed by atoms with van der Waals surface area (Å²) in [6.07, 6.45) is 1.52. The highest BCUT2D eigenvalue weighted by Gasteiger charge is 2.21. The third kappa shape index (κ3) is 3.51. The number of thiophene rings is 1. The molecular weight excluding hydrogens is 363 g/mol. The average Bonchev–Trinajstić information content (AvgIpc) is 3.07. The summed E-state index contributed by atoms with van der Waals surface area (Å²) in [6.45, 7) is 2.43. The predicted octanol–water partition coefficient (Wildman–Crippen LogP) is 4.00. The van der Waals surface area contributed by atoms with Crippen molar-refractivity contribution in [3.05, 3.63) is 53.4 Å². The third-order valence-corrected chi connectivity index (χ3v) is 5.20. The van der Waals surface area contributed by atoms with Crippen molar-refractivity contribution in [1.82, 2.24) is 9.88 Å². The van der Waals surface area contributed by atoms with Gasteiger partial charge in [-0.15, -0.1) is 23.7 Å². The zero-order chi connectivity index (χ0) is 16.5. The number of hydrogen-bond acceptors (Lipinski definition) is 4. The maximum absolute atomic E-state index is 13.1. The summed E-state index contributed by atoms with van der Waals surface area (Å²) in [4.78, 5) is 18.9. The lowest BCUT2D eigenvalue weighted by molar-refractivity contribution is 0.0306. The Balaban J connectivity index is 0.00000182. The van der Waals surface area contributed by atoms with Gasteiger partial charge >= 0.3 is 0 Å². The van der Waals surface area contributed by atoms with Gasteiger partial charge in [-0.3, -0.25) is 4.79 Å². The Kier molecular flexibility index (Phi) is 5.32. The van der Waals surface area contributed by atoms with E-state index in [2.05, 4.69) is 4.98 Å². The van der Waals surface area contributed by atoms with Gasteiger partial charge in [0.25, 0.3) is 5.91 Å². The zero-order valence-corrected chi connectivity index (χ0v) is 14.9. The van der Waals surface area contributed by atoms with E-state index in [1.165, 1.54) is 23.6 Å². The maximum atomic E-state index is 13.1. The number of hydrogen-bond donors (Lipinski definition) is 0. The van der Waals surface area contributed by atoms with Crippen LogP contribution in [-0.2, 0) is 4.74 Å². The molecule has 2 aromatic heterocycles. The summed E-state index contributed by atoms with van der Waals surface area (Å²) < 4.78 is 19.4. The monoisotopic (exact) mass is 378 g/mol. The molecule has 0 bridgehead atoms. The molecule has 0 aliphatic carbocycles. The molecule has 3 aromatic rings. The third-order valence-electron chi connectivity index (χ3n) is 4.11. The van der Waals surface area contributed by atoms with Gasteiger partial charge in [-0.25, -0.2) is 4.98 Å². The zero-order valence-electron chi connectivity index (χ0n) is 13.3. The lowest BCUT2D eigenvalue weighted by Crippen LogP contribution is -2.40. The quantitative estimate of drug-likeness (QED) is 0.633. The van der Waals surface area contributed by atoms with Crippen LogP contribution in [0.3, 0.4) is 0 Å². The minimum atomic E-state index is -0.501. The number of ether oxygens (including phenoxy) is 1. The fourth-order valence-corrected chi connectivity index (χ4v) is 3.93. The number of rotatable bonds is 2. The molecule has 3 heterocycles. The Morgan fingerprint density at radius 1 is 1.20 bits per heavy atom. The summed E-state index contributed by atoms with van der Waals surface area (Å²) >= 11 is 1.48. The number of nitrogens with zero attached hydrogens (tertiary/aromatic N) is 2. The van der Waals surface area contributed by atoms with Crippen molar-refractivity contribution < 1.29 is 13.9 Å². The van der Waals surface area contributed by atoms with E-state index in [1.54, 1.807) is 6.07 Å². The van der Waals surface area contributed by atoms with E-state index in [1.807, 2.05) is 29.2 Å². The standard InChI is InChI=1S/C18H15FN2O2S.ClH/c19-17-5-4-12(11-20-17)13-2-1-3-15-14(13)10-16(24-15)18(22)21-6-8-23-9-7-21;/h1-5,10-11H,6-9H2;1H. The number of halogens is 2. The molecular formula is C18H16ClFN2O2S. The van der Waals surface area contributed by atoms with E-state index in [0.717, 1.165) is 26.1 Å². The number of benzene rings is 1. The molecule has 1 saturated heterocycles. The first-order valence-corrected chi connectivity index (χ1v) is 8.55. The summed E-state index contributed by atoms with van der Waals surface area (Å²) in [7, 11) is 0. The second-order valence-electron chi connectivity index (χ2n) is 5.60. The van der Waals surface area contributed by atoms with Crippen LogP contribution in [0.2, 0.25) is 0 Å². The van der Waals surface area contributed by atoms with Crippen molar-refractivity contribution in [2.24, 2.45) is 0 Å². The molecule has 0 spiro atoms. The first kappa shape index (κ1) is 17.8. The Hall–Kier alpha value is -2.02. The Bertz CT molecular complexity index is 892. The van der Waals surface area contributed by atoms with E-state index >= 15 is 0 Å². The molecule has 1 aliphatic rings. The van der Waals surface area contributed by atoms with Crippen LogP contribution >= 0.6 is 23.7 Å². The van der Waals surface area contributed by atoms with Crippen molar-refractivity contribution in [3.63, 3.8) is 0 Å².